The first-order chi connectivity index (χ1) is 11.7. The molecule has 0 bridgehead atoms. The molecule has 5 nitrogen and oxygen atoms in total. The highest BCUT2D eigenvalue weighted by atomic mass is 16.6. The van der Waals surface area contributed by atoms with E-state index < -0.39 is 23.2 Å². The summed E-state index contributed by atoms with van der Waals surface area (Å²) in [5.41, 5.74) is 1.13. The van der Waals surface area contributed by atoms with E-state index in [9.17, 15) is 15.0 Å². The van der Waals surface area contributed by atoms with Gasteiger partial charge >= 0.3 is 5.97 Å². The minimum Gasteiger partial charge on any atom is -0.454 e. The molecular formula is C20H24O5. The second-order valence-corrected chi connectivity index (χ2v) is 8.54. The average molecular weight is 344 g/mol. The van der Waals surface area contributed by atoms with Crippen LogP contribution in [-0.2, 0) is 14.3 Å². The second-order valence-electron chi connectivity index (χ2n) is 8.54. The van der Waals surface area contributed by atoms with Crippen molar-refractivity contribution in [2.75, 3.05) is 0 Å². The lowest BCUT2D eigenvalue weighted by atomic mass is 9.58. The van der Waals surface area contributed by atoms with Gasteiger partial charge in [0.2, 0.25) is 0 Å². The fourth-order valence-electron chi connectivity index (χ4n) is 6.21. The maximum Gasteiger partial charge on any atom is 0.334 e. The highest BCUT2D eigenvalue weighted by Gasteiger charge is 2.82. The van der Waals surface area contributed by atoms with Crippen LogP contribution in [0.1, 0.15) is 33.1 Å². The Morgan fingerprint density at radius 2 is 2.04 bits per heavy atom. The van der Waals surface area contributed by atoms with Crippen LogP contribution >= 0.6 is 0 Å². The van der Waals surface area contributed by atoms with E-state index in [2.05, 4.69) is 13.2 Å². The predicted molar refractivity (Wildman–Crippen MR) is 89.4 cm³/mol. The molecule has 1 spiro atoms. The van der Waals surface area contributed by atoms with Crippen LogP contribution in [0.3, 0.4) is 0 Å². The Labute approximate surface area is 147 Å². The summed E-state index contributed by atoms with van der Waals surface area (Å²) in [6, 6.07) is 0. The number of hydrogen-bond acceptors (Lipinski definition) is 5. The predicted octanol–water partition coefficient (Wildman–Crippen LogP) is 1.65. The molecule has 3 saturated carbocycles. The molecule has 3 aliphatic carbocycles. The summed E-state index contributed by atoms with van der Waals surface area (Å²) in [5.74, 6) is -1.02. The van der Waals surface area contributed by atoms with Crippen molar-refractivity contribution in [3.8, 4) is 0 Å². The highest BCUT2D eigenvalue weighted by molar-refractivity contribution is 5.92. The highest BCUT2D eigenvalue weighted by Crippen LogP contribution is 2.70. The summed E-state index contributed by atoms with van der Waals surface area (Å²) in [6.07, 6.45) is 0.473. The zero-order valence-electron chi connectivity index (χ0n) is 14.6. The van der Waals surface area contributed by atoms with Crippen molar-refractivity contribution in [3.05, 3.63) is 35.5 Å². The standard InChI is InChI=1S/C20H24O5/c1-8-5-6-12-13(11(4)18(22)24-12)14-10(3)17-19(25-17)7-9(2)16(21)20(19,23)15(8)14/h9,12,14-17,21,23H,1,3,5-7H2,2,4H3/t9-,12+,14-,15-,16-,17+,19+,20+/m1/s1. The largest absolute Gasteiger partial charge is 0.454 e. The molecule has 0 amide bonds. The smallest absolute Gasteiger partial charge is 0.334 e. The molecule has 4 fully saturated rings. The van der Waals surface area contributed by atoms with Gasteiger partial charge in [0, 0.05) is 17.4 Å². The van der Waals surface area contributed by atoms with E-state index in [0.29, 0.717) is 24.8 Å². The number of aliphatic hydroxyl groups is 2. The van der Waals surface area contributed by atoms with E-state index in [-0.39, 0.29) is 30.0 Å². The average Bonchev–Trinajstić information content (AvgIpc) is 3.22. The third-order valence-electron chi connectivity index (χ3n) is 7.37. The molecule has 0 radical (unpaired) electrons. The zero-order chi connectivity index (χ0) is 17.9. The molecule has 2 aliphatic heterocycles. The summed E-state index contributed by atoms with van der Waals surface area (Å²) in [5, 5.41) is 22.7. The summed E-state index contributed by atoms with van der Waals surface area (Å²) >= 11 is 0. The van der Waals surface area contributed by atoms with Crippen LogP contribution in [0.4, 0.5) is 0 Å². The number of esters is 1. The van der Waals surface area contributed by atoms with Gasteiger partial charge in [-0.1, -0.05) is 25.7 Å². The van der Waals surface area contributed by atoms with Crippen LogP contribution < -0.4 is 0 Å². The molecule has 134 valence electrons. The van der Waals surface area contributed by atoms with Crippen LogP contribution in [0, 0.1) is 17.8 Å². The number of fused-ring (bicyclic) bond motifs is 4. The van der Waals surface area contributed by atoms with Crippen molar-refractivity contribution in [2.45, 2.75) is 62.6 Å². The van der Waals surface area contributed by atoms with E-state index in [1.165, 1.54) is 0 Å². The lowest BCUT2D eigenvalue weighted by Gasteiger charge is -2.47. The van der Waals surface area contributed by atoms with Crippen molar-refractivity contribution >= 4 is 5.97 Å². The third-order valence-corrected chi connectivity index (χ3v) is 7.37. The van der Waals surface area contributed by atoms with Gasteiger partial charge in [-0.25, -0.2) is 4.79 Å². The molecule has 25 heavy (non-hydrogen) atoms. The van der Waals surface area contributed by atoms with Crippen LogP contribution in [0.25, 0.3) is 0 Å². The lowest BCUT2D eigenvalue weighted by Crippen LogP contribution is -2.61. The molecule has 5 aliphatic rings. The van der Waals surface area contributed by atoms with Gasteiger partial charge in [-0.05, 0) is 43.3 Å². The van der Waals surface area contributed by atoms with Gasteiger partial charge in [-0.15, -0.1) is 0 Å². The van der Waals surface area contributed by atoms with E-state index in [1.807, 2.05) is 6.92 Å². The molecular weight excluding hydrogens is 320 g/mol. The Hall–Kier alpha value is -1.43. The fourth-order valence-corrected chi connectivity index (χ4v) is 6.21. The van der Waals surface area contributed by atoms with E-state index in [1.54, 1.807) is 6.92 Å². The fraction of sp³-hybridized carbons (Fsp3) is 0.650. The Balaban J connectivity index is 1.74. The van der Waals surface area contributed by atoms with Crippen molar-refractivity contribution in [3.63, 3.8) is 0 Å². The molecule has 5 heteroatoms. The van der Waals surface area contributed by atoms with Crippen molar-refractivity contribution < 1.29 is 24.5 Å². The monoisotopic (exact) mass is 344 g/mol. The first kappa shape index (κ1) is 15.8. The number of ether oxygens (including phenoxy) is 2. The number of hydrogen-bond donors (Lipinski definition) is 2. The van der Waals surface area contributed by atoms with Gasteiger partial charge < -0.3 is 19.7 Å². The summed E-state index contributed by atoms with van der Waals surface area (Å²) in [7, 11) is 0. The molecule has 0 aromatic heterocycles. The van der Waals surface area contributed by atoms with Gasteiger partial charge in [0.05, 0.1) is 6.10 Å². The Morgan fingerprint density at radius 1 is 1.32 bits per heavy atom. The SMILES string of the molecule is C=C1CC[C@@H]2OC(=O)C(C)=C2[C@H]2C(=C)[C@@H]3O[C@@]34C[C@@H](C)[C@@H](O)[C@@]4(O)[C@H]12. The van der Waals surface area contributed by atoms with Gasteiger partial charge in [0.25, 0.3) is 0 Å². The number of epoxide rings is 1. The molecule has 0 unspecified atom stereocenters. The quantitative estimate of drug-likeness (QED) is 0.397. The minimum absolute atomic E-state index is 0.0649. The molecule has 8 atom stereocenters. The Morgan fingerprint density at radius 3 is 2.76 bits per heavy atom. The van der Waals surface area contributed by atoms with E-state index >= 15 is 0 Å². The van der Waals surface area contributed by atoms with E-state index in [4.69, 9.17) is 9.47 Å². The van der Waals surface area contributed by atoms with Crippen molar-refractivity contribution in [1.82, 2.24) is 0 Å². The first-order valence-corrected chi connectivity index (χ1v) is 9.10. The van der Waals surface area contributed by atoms with Gasteiger partial charge in [0.1, 0.15) is 23.4 Å². The number of rotatable bonds is 0. The van der Waals surface area contributed by atoms with Crippen molar-refractivity contribution in [2.24, 2.45) is 17.8 Å². The molecule has 2 N–H and O–H groups in total. The lowest BCUT2D eigenvalue weighted by molar-refractivity contribution is -0.140. The molecule has 1 saturated heterocycles. The van der Waals surface area contributed by atoms with Crippen molar-refractivity contribution in [1.29, 1.82) is 0 Å². The Kier molecular flexibility index (Phi) is 2.81. The normalized spacial score (nSPS) is 53.7. The van der Waals surface area contributed by atoms with Crippen LogP contribution in [0.5, 0.6) is 0 Å². The van der Waals surface area contributed by atoms with Gasteiger partial charge in [-0.2, -0.15) is 0 Å². The molecule has 0 aromatic carbocycles. The summed E-state index contributed by atoms with van der Waals surface area (Å²) < 4.78 is 11.6. The number of carbonyl (C=O) groups is 1. The van der Waals surface area contributed by atoms with Crippen LogP contribution in [0.15, 0.2) is 35.5 Å². The van der Waals surface area contributed by atoms with Gasteiger partial charge in [-0.3, -0.25) is 0 Å². The first-order valence-electron chi connectivity index (χ1n) is 9.10. The van der Waals surface area contributed by atoms with E-state index in [0.717, 1.165) is 16.7 Å². The molecule has 0 aromatic rings. The molecule has 5 rings (SSSR count). The number of carbonyl (C=O) groups excluding carboxylic acids is 1. The maximum atomic E-state index is 12.2. The topological polar surface area (TPSA) is 79.3 Å². The zero-order valence-corrected chi connectivity index (χ0v) is 14.6. The minimum atomic E-state index is -1.40. The third kappa shape index (κ3) is 1.55. The maximum absolute atomic E-state index is 12.2. The summed E-state index contributed by atoms with van der Waals surface area (Å²) in [6.45, 7) is 12.3. The number of aliphatic hydroxyl groups excluding tert-OH is 1. The van der Waals surface area contributed by atoms with Crippen LogP contribution in [-0.4, -0.2) is 45.7 Å². The molecule has 2 heterocycles. The second kappa shape index (κ2) is 4.45. The van der Waals surface area contributed by atoms with Crippen LogP contribution in [0.2, 0.25) is 0 Å². The van der Waals surface area contributed by atoms with Gasteiger partial charge in [0.15, 0.2) is 0 Å². The Bertz CT molecular complexity index is 766. The summed E-state index contributed by atoms with van der Waals surface area (Å²) in [4.78, 5) is 12.2.